The van der Waals surface area contributed by atoms with Crippen LogP contribution in [0.1, 0.15) is 98.5 Å². The van der Waals surface area contributed by atoms with Gasteiger partial charge in [0, 0.05) is 67.3 Å². The van der Waals surface area contributed by atoms with Gasteiger partial charge < -0.3 is 38.6 Å². The van der Waals surface area contributed by atoms with Crippen molar-refractivity contribution in [2.75, 3.05) is 39.6 Å². The van der Waals surface area contributed by atoms with Crippen LogP contribution in [0.2, 0.25) is 0 Å². The topological polar surface area (TPSA) is 95.8 Å². The van der Waals surface area contributed by atoms with Gasteiger partial charge in [0.1, 0.15) is 11.5 Å². The van der Waals surface area contributed by atoms with Crippen LogP contribution < -0.4 is 0 Å². The number of phenolic OH excluding ortho intramolecular Hbond substituents is 2. The zero-order valence-electron chi connectivity index (χ0n) is 28.9. The Morgan fingerprint density at radius 2 is 0.674 bits per heavy atom. The van der Waals surface area contributed by atoms with E-state index in [-0.39, 0.29) is 37.9 Å². The van der Waals surface area contributed by atoms with Crippen molar-refractivity contribution in [1.82, 2.24) is 0 Å². The van der Waals surface area contributed by atoms with E-state index in [9.17, 15) is 10.2 Å². The molecular formula is C38H54O8. The van der Waals surface area contributed by atoms with Gasteiger partial charge in [0.05, 0.1) is 39.6 Å². The van der Waals surface area contributed by atoms with Crippen LogP contribution in [0.4, 0.5) is 0 Å². The number of phenols is 2. The second kappa shape index (κ2) is 19.0. The molecule has 3 rings (SSSR count). The van der Waals surface area contributed by atoms with E-state index in [0.717, 1.165) is 27.8 Å². The van der Waals surface area contributed by atoms with Gasteiger partial charge in [-0.3, -0.25) is 0 Å². The van der Waals surface area contributed by atoms with Gasteiger partial charge in [-0.05, 0) is 101 Å². The molecule has 0 bridgehead atoms. The SMILES string of the molecule is CCOCc1cc(COCC)cc(C(C)(c2cc(COCC)c(O)c(COCC)c2)c2cc(COCC)c(O)c(COCC)c2)c1. The standard InChI is InChI=1S/C38H54O8/c1-8-41-21-27-14-28(22-42-9-2)16-33(15-27)38(7,34-17-29(23-43-10-3)36(39)30(18-34)24-44-11-4)35-19-31(25-45-12-5)37(40)32(20-35)26-46-13-6/h14-20,39-40H,8-13,21-26H2,1-7H3. The molecule has 46 heavy (non-hydrogen) atoms. The van der Waals surface area contributed by atoms with Crippen LogP contribution >= 0.6 is 0 Å². The number of hydrogen-bond acceptors (Lipinski definition) is 8. The van der Waals surface area contributed by atoms with Gasteiger partial charge in [-0.1, -0.05) is 18.2 Å². The van der Waals surface area contributed by atoms with E-state index in [1.807, 2.05) is 65.8 Å². The molecule has 0 heterocycles. The van der Waals surface area contributed by atoms with E-state index >= 15 is 0 Å². The summed E-state index contributed by atoms with van der Waals surface area (Å²) in [6, 6.07) is 14.6. The maximum Gasteiger partial charge on any atom is 0.126 e. The van der Waals surface area contributed by atoms with Gasteiger partial charge >= 0.3 is 0 Å². The van der Waals surface area contributed by atoms with Crippen molar-refractivity contribution in [3.63, 3.8) is 0 Å². The minimum Gasteiger partial charge on any atom is -0.507 e. The highest BCUT2D eigenvalue weighted by Crippen LogP contribution is 2.44. The number of rotatable bonds is 21. The van der Waals surface area contributed by atoms with Crippen LogP contribution in [-0.2, 0) is 73.5 Å². The summed E-state index contributed by atoms with van der Waals surface area (Å²) >= 11 is 0. The summed E-state index contributed by atoms with van der Waals surface area (Å²) in [5.74, 6) is 0.352. The van der Waals surface area contributed by atoms with E-state index in [1.54, 1.807) is 0 Å². The van der Waals surface area contributed by atoms with E-state index in [2.05, 4.69) is 25.1 Å². The average molecular weight is 639 g/mol. The average Bonchev–Trinajstić information content (AvgIpc) is 3.07. The summed E-state index contributed by atoms with van der Waals surface area (Å²) in [6.07, 6.45) is 0. The molecule has 0 saturated carbocycles. The second-order valence-corrected chi connectivity index (χ2v) is 11.3. The number of aromatic hydroxyl groups is 2. The van der Waals surface area contributed by atoms with Crippen molar-refractivity contribution in [3.05, 3.63) is 92.5 Å². The summed E-state index contributed by atoms with van der Waals surface area (Å²) in [7, 11) is 0. The molecule has 0 amide bonds. The van der Waals surface area contributed by atoms with Crippen LogP contribution in [-0.4, -0.2) is 49.9 Å². The third-order valence-electron chi connectivity index (χ3n) is 8.11. The molecule has 0 spiro atoms. The first-order chi connectivity index (χ1) is 22.3. The molecule has 8 heteroatoms. The van der Waals surface area contributed by atoms with Crippen molar-refractivity contribution >= 4 is 0 Å². The lowest BCUT2D eigenvalue weighted by Crippen LogP contribution is -2.27. The summed E-state index contributed by atoms with van der Waals surface area (Å²) < 4.78 is 35.0. The van der Waals surface area contributed by atoms with Gasteiger partial charge in [-0.15, -0.1) is 0 Å². The fraction of sp³-hybridized carbons (Fsp3) is 0.526. The molecule has 0 aromatic heterocycles. The minimum atomic E-state index is -0.769. The molecule has 3 aromatic rings. The summed E-state index contributed by atoms with van der Waals surface area (Å²) in [5.41, 5.74) is 6.94. The van der Waals surface area contributed by atoms with Crippen LogP contribution in [0.3, 0.4) is 0 Å². The summed E-state index contributed by atoms with van der Waals surface area (Å²) in [5, 5.41) is 22.6. The van der Waals surface area contributed by atoms with E-state index in [4.69, 9.17) is 28.4 Å². The summed E-state index contributed by atoms with van der Waals surface area (Å²) in [6.45, 7) is 19.1. The Morgan fingerprint density at radius 3 is 0.957 bits per heavy atom. The first kappa shape index (κ1) is 37.5. The molecule has 0 fully saturated rings. The predicted octanol–water partition coefficient (Wildman–Crippen LogP) is 7.67. The number of benzene rings is 3. The molecule has 0 aliphatic carbocycles. The largest absolute Gasteiger partial charge is 0.507 e. The Kier molecular flexibility index (Phi) is 15.5. The Morgan fingerprint density at radius 1 is 0.413 bits per heavy atom. The van der Waals surface area contributed by atoms with Gasteiger partial charge in [0.25, 0.3) is 0 Å². The van der Waals surface area contributed by atoms with Crippen molar-refractivity contribution < 1.29 is 38.6 Å². The molecule has 3 aromatic carbocycles. The molecule has 0 radical (unpaired) electrons. The van der Waals surface area contributed by atoms with Crippen molar-refractivity contribution in [2.45, 2.75) is 93.5 Å². The third-order valence-corrected chi connectivity index (χ3v) is 8.11. The Bertz CT molecular complexity index is 1220. The second-order valence-electron chi connectivity index (χ2n) is 11.3. The Labute approximate surface area is 275 Å². The van der Waals surface area contributed by atoms with Gasteiger partial charge in [0.2, 0.25) is 0 Å². The zero-order valence-corrected chi connectivity index (χ0v) is 28.9. The van der Waals surface area contributed by atoms with Gasteiger partial charge in [-0.25, -0.2) is 0 Å². The third kappa shape index (κ3) is 9.53. The molecule has 254 valence electrons. The molecule has 0 atom stereocenters. The lowest BCUT2D eigenvalue weighted by atomic mass is 9.69. The van der Waals surface area contributed by atoms with Crippen LogP contribution in [0.15, 0.2) is 42.5 Å². The maximum atomic E-state index is 11.3. The Hall–Kier alpha value is -2.98. The highest BCUT2D eigenvalue weighted by Gasteiger charge is 2.35. The first-order valence-electron chi connectivity index (χ1n) is 16.6. The fourth-order valence-corrected chi connectivity index (χ4v) is 5.54. The fourth-order valence-electron chi connectivity index (χ4n) is 5.54. The van der Waals surface area contributed by atoms with E-state index in [0.29, 0.717) is 75.1 Å². The highest BCUT2D eigenvalue weighted by molar-refractivity contribution is 5.58. The molecule has 0 aliphatic rings. The first-order valence-corrected chi connectivity index (χ1v) is 16.6. The van der Waals surface area contributed by atoms with Crippen LogP contribution in [0, 0.1) is 0 Å². The monoisotopic (exact) mass is 638 g/mol. The smallest absolute Gasteiger partial charge is 0.126 e. The quantitative estimate of drug-likeness (QED) is 0.115. The van der Waals surface area contributed by atoms with Gasteiger partial charge in [-0.2, -0.15) is 0 Å². The van der Waals surface area contributed by atoms with Gasteiger partial charge in [0.15, 0.2) is 0 Å². The minimum absolute atomic E-state index is 0.176. The van der Waals surface area contributed by atoms with Crippen LogP contribution in [0.25, 0.3) is 0 Å². The maximum absolute atomic E-state index is 11.3. The molecule has 0 aliphatic heterocycles. The normalized spacial score (nSPS) is 11.8. The zero-order chi connectivity index (χ0) is 33.5. The lowest BCUT2D eigenvalue weighted by Gasteiger charge is -2.35. The van der Waals surface area contributed by atoms with Crippen molar-refractivity contribution in [2.24, 2.45) is 0 Å². The number of ether oxygens (including phenoxy) is 6. The molecule has 0 saturated heterocycles. The lowest BCUT2D eigenvalue weighted by molar-refractivity contribution is 0.126. The summed E-state index contributed by atoms with van der Waals surface area (Å²) in [4.78, 5) is 0. The Balaban J connectivity index is 2.44. The molecular weight excluding hydrogens is 584 g/mol. The van der Waals surface area contributed by atoms with E-state index in [1.165, 1.54) is 0 Å². The molecule has 8 nitrogen and oxygen atoms in total. The molecule has 0 unspecified atom stereocenters. The number of hydrogen-bond donors (Lipinski definition) is 2. The predicted molar refractivity (Wildman–Crippen MR) is 180 cm³/mol. The molecule has 2 N–H and O–H groups in total. The van der Waals surface area contributed by atoms with Crippen LogP contribution in [0.5, 0.6) is 11.5 Å². The van der Waals surface area contributed by atoms with Crippen molar-refractivity contribution in [1.29, 1.82) is 0 Å². The van der Waals surface area contributed by atoms with E-state index < -0.39 is 5.41 Å². The van der Waals surface area contributed by atoms with Crippen molar-refractivity contribution in [3.8, 4) is 11.5 Å². The highest BCUT2D eigenvalue weighted by atomic mass is 16.5.